The normalized spacial score (nSPS) is 21.1. The molecule has 1 aromatic heterocycles. The quantitative estimate of drug-likeness (QED) is 0.679. The zero-order valence-electron chi connectivity index (χ0n) is 12.4. The Balaban J connectivity index is 2.46. The second-order valence-electron chi connectivity index (χ2n) is 6.11. The summed E-state index contributed by atoms with van der Waals surface area (Å²) in [7, 11) is 0. The zero-order valence-corrected chi connectivity index (χ0v) is 12.4. The summed E-state index contributed by atoms with van der Waals surface area (Å²) >= 11 is 0. The van der Waals surface area contributed by atoms with Gasteiger partial charge in [0.05, 0.1) is 11.0 Å². The molecule has 0 amide bonds. The van der Waals surface area contributed by atoms with Crippen LogP contribution in [0.5, 0.6) is 0 Å². The number of anilines is 1. The maximum Gasteiger partial charge on any atom is 0.326 e. The molecule has 1 atom stereocenters. The van der Waals surface area contributed by atoms with Crippen LogP contribution in [0.25, 0.3) is 0 Å². The number of nitro groups is 1. The minimum Gasteiger partial charge on any atom is -0.480 e. The lowest BCUT2D eigenvalue weighted by Gasteiger charge is -2.44. The van der Waals surface area contributed by atoms with Gasteiger partial charge in [-0.1, -0.05) is 13.8 Å². The van der Waals surface area contributed by atoms with Crippen LogP contribution in [-0.4, -0.2) is 33.6 Å². The van der Waals surface area contributed by atoms with Crippen LogP contribution in [0.2, 0.25) is 0 Å². The van der Waals surface area contributed by atoms with Crippen molar-refractivity contribution in [3.8, 4) is 0 Å². The van der Waals surface area contributed by atoms with E-state index in [-0.39, 0.29) is 5.69 Å². The third-order valence-corrected chi connectivity index (χ3v) is 4.06. The number of nitrogens with zero attached hydrogens (tertiary/aromatic N) is 3. The van der Waals surface area contributed by atoms with Crippen LogP contribution in [0, 0.1) is 22.5 Å². The van der Waals surface area contributed by atoms with E-state index >= 15 is 0 Å². The highest BCUT2D eigenvalue weighted by Crippen LogP contribution is 2.38. The molecule has 1 fully saturated rings. The summed E-state index contributed by atoms with van der Waals surface area (Å²) in [6, 6.07) is 0.633. The first-order chi connectivity index (χ1) is 9.74. The predicted molar refractivity (Wildman–Crippen MR) is 77.4 cm³/mol. The van der Waals surface area contributed by atoms with E-state index in [1.165, 1.54) is 12.3 Å². The lowest BCUT2D eigenvalue weighted by Crippen LogP contribution is -2.54. The van der Waals surface area contributed by atoms with Crippen molar-refractivity contribution in [1.82, 2.24) is 4.98 Å². The Kier molecular flexibility index (Phi) is 3.85. The van der Waals surface area contributed by atoms with Crippen molar-refractivity contribution >= 4 is 17.5 Å². The van der Waals surface area contributed by atoms with Crippen molar-refractivity contribution in [2.75, 3.05) is 11.4 Å². The van der Waals surface area contributed by atoms with Gasteiger partial charge in [0.15, 0.2) is 0 Å². The molecule has 114 valence electrons. The standard InChI is InChI=1S/C14H19N3O4/c1-9-8-15-11(7-10(9)17(20)21)16-6-4-5-14(2,3)12(16)13(18)19/h7-8,12H,4-6H2,1-3H3,(H,18,19). The molecule has 0 spiro atoms. The van der Waals surface area contributed by atoms with E-state index in [1.54, 1.807) is 11.8 Å². The monoisotopic (exact) mass is 293 g/mol. The lowest BCUT2D eigenvalue weighted by molar-refractivity contribution is -0.385. The van der Waals surface area contributed by atoms with E-state index in [1.807, 2.05) is 13.8 Å². The van der Waals surface area contributed by atoms with Gasteiger partial charge in [-0.3, -0.25) is 10.1 Å². The zero-order chi connectivity index (χ0) is 15.8. The van der Waals surface area contributed by atoms with Crippen LogP contribution < -0.4 is 4.90 Å². The Labute approximate surface area is 122 Å². The summed E-state index contributed by atoms with van der Waals surface area (Å²) in [6.45, 7) is 5.96. The van der Waals surface area contributed by atoms with Gasteiger partial charge in [-0.05, 0) is 25.2 Å². The number of carboxylic acids is 1. The molecule has 0 saturated carbocycles. The molecule has 1 aliphatic heterocycles. The van der Waals surface area contributed by atoms with Gasteiger partial charge in [0.2, 0.25) is 0 Å². The molecule has 1 aliphatic rings. The number of carbonyl (C=O) groups is 1. The van der Waals surface area contributed by atoms with E-state index in [9.17, 15) is 20.0 Å². The molecule has 2 heterocycles. The first-order valence-corrected chi connectivity index (χ1v) is 6.84. The van der Waals surface area contributed by atoms with Crippen LogP contribution in [-0.2, 0) is 4.79 Å². The van der Waals surface area contributed by atoms with Gasteiger partial charge in [0.25, 0.3) is 5.69 Å². The van der Waals surface area contributed by atoms with Crippen LogP contribution in [0.3, 0.4) is 0 Å². The topological polar surface area (TPSA) is 96.6 Å². The molecule has 0 radical (unpaired) electrons. The van der Waals surface area contributed by atoms with Gasteiger partial charge in [-0.15, -0.1) is 0 Å². The second kappa shape index (κ2) is 5.31. The molecule has 0 aliphatic carbocycles. The maximum absolute atomic E-state index is 11.6. The van der Waals surface area contributed by atoms with Gasteiger partial charge >= 0.3 is 5.97 Å². The summed E-state index contributed by atoms with van der Waals surface area (Å²) in [5.41, 5.74) is 0.0187. The fourth-order valence-corrected chi connectivity index (χ4v) is 2.96. The largest absolute Gasteiger partial charge is 0.480 e. The Morgan fingerprint density at radius 3 is 2.81 bits per heavy atom. The number of carboxylic acid groups (broad SMARTS) is 1. The van der Waals surface area contributed by atoms with Crippen LogP contribution >= 0.6 is 0 Å². The molecular weight excluding hydrogens is 274 g/mol. The molecular formula is C14H19N3O4. The van der Waals surface area contributed by atoms with E-state index in [0.29, 0.717) is 17.9 Å². The molecule has 1 N–H and O–H groups in total. The van der Waals surface area contributed by atoms with Crippen molar-refractivity contribution in [2.24, 2.45) is 5.41 Å². The van der Waals surface area contributed by atoms with Crippen LogP contribution in [0.15, 0.2) is 12.3 Å². The number of aliphatic carboxylic acids is 1. The number of aromatic nitrogens is 1. The van der Waals surface area contributed by atoms with E-state index < -0.39 is 22.3 Å². The number of hydrogen-bond donors (Lipinski definition) is 1. The third kappa shape index (κ3) is 2.81. The van der Waals surface area contributed by atoms with Crippen LogP contribution in [0.4, 0.5) is 11.5 Å². The summed E-state index contributed by atoms with van der Waals surface area (Å²) in [6.07, 6.45) is 3.06. The van der Waals surface area contributed by atoms with Gasteiger partial charge < -0.3 is 10.0 Å². The molecule has 7 heteroatoms. The molecule has 7 nitrogen and oxygen atoms in total. The first-order valence-electron chi connectivity index (χ1n) is 6.84. The first kappa shape index (κ1) is 15.2. The van der Waals surface area contributed by atoms with E-state index in [4.69, 9.17) is 0 Å². The Morgan fingerprint density at radius 2 is 2.24 bits per heavy atom. The van der Waals surface area contributed by atoms with Crippen molar-refractivity contribution in [3.63, 3.8) is 0 Å². The smallest absolute Gasteiger partial charge is 0.326 e. The fourth-order valence-electron chi connectivity index (χ4n) is 2.96. The summed E-state index contributed by atoms with van der Waals surface area (Å²) in [5.74, 6) is -0.572. The number of pyridine rings is 1. The molecule has 21 heavy (non-hydrogen) atoms. The Hall–Kier alpha value is -2.18. The van der Waals surface area contributed by atoms with Crippen LogP contribution in [0.1, 0.15) is 32.3 Å². The highest BCUT2D eigenvalue weighted by atomic mass is 16.6. The molecule has 1 saturated heterocycles. The minimum atomic E-state index is -0.926. The Bertz CT molecular complexity index is 586. The van der Waals surface area contributed by atoms with Gasteiger partial charge in [-0.25, -0.2) is 9.78 Å². The highest BCUT2D eigenvalue weighted by molar-refractivity contribution is 5.79. The number of rotatable bonds is 3. The summed E-state index contributed by atoms with van der Waals surface area (Å²) < 4.78 is 0. The average Bonchev–Trinajstić information content (AvgIpc) is 2.36. The molecule has 1 aromatic rings. The number of hydrogen-bond acceptors (Lipinski definition) is 5. The van der Waals surface area contributed by atoms with Crippen molar-refractivity contribution in [3.05, 3.63) is 27.9 Å². The molecule has 0 aromatic carbocycles. The van der Waals surface area contributed by atoms with E-state index in [0.717, 1.165) is 12.8 Å². The van der Waals surface area contributed by atoms with Gasteiger partial charge in [0, 0.05) is 18.3 Å². The van der Waals surface area contributed by atoms with E-state index in [2.05, 4.69) is 4.98 Å². The second-order valence-corrected chi connectivity index (χ2v) is 6.11. The molecule has 2 rings (SSSR count). The third-order valence-electron chi connectivity index (χ3n) is 4.06. The predicted octanol–water partition coefficient (Wildman–Crippen LogP) is 2.38. The van der Waals surface area contributed by atoms with Crippen molar-refractivity contribution < 1.29 is 14.8 Å². The summed E-state index contributed by atoms with van der Waals surface area (Å²) in [4.78, 5) is 28.1. The fraction of sp³-hybridized carbons (Fsp3) is 0.571. The van der Waals surface area contributed by atoms with Crippen molar-refractivity contribution in [2.45, 2.75) is 39.7 Å². The number of piperidine rings is 1. The molecule has 1 unspecified atom stereocenters. The average molecular weight is 293 g/mol. The van der Waals surface area contributed by atoms with Gasteiger partial charge in [-0.2, -0.15) is 0 Å². The SMILES string of the molecule is Cc1cnc(N2CCCC(C)(C)C2C(=O)O)cc1[N+](=O)[O-]. The van der Waals surface area contributed by atoms with Gasteiger partial charge in [0.1, 0.15) is 11.9 Å². The minimum absolute atomic E-state index is 0.0347. The van der Waals surface area contributed by atoms with Crippen molar-refractivity contribution in [1.29, 1.82) is 0 Å². The Morgan fingerprint density at radius 1 is 1.57 bits per heavy atom. The maximum atomic E-state index is 11.6. The lowest BCUT2D eigenvalue weighted by atomic mass is 9.76. The molecule has 0 bridgehead atoms. The summed E-state index contributed by atoms with van der Waals surface area (Å²) in [5, 5.41) is 20.6. The highest BCUT2D eigenvalue weighted by Gasteiger charge is 2.43. The number of aryl methyl sites for hydroxylation is 1.